The predicted molar refractivity (Wildman–Crippen MR) is 251 cm³/mol. The first-order valence-electron chi connectivity index (χ1n) is 22.0. The molecule has 0 bridgehead atoms. The number of nitrogens with one attached hydrogen (secondary N) is 4. The second kappa shape index (κ2) is 20.4. The maximum atomic E-state index is 13.9. The Labute approximate surface area is 391 Å². The van der Waals surface area contributed by atoms with Gasteiger partial charge in [-0.15, -0.1) is 0 Å². The van der Waals surface area contributed by atoms with E-state index in [1.165, 1.54) is 4.90 Å². The van der Waals surface area contributed by atoms with Crippen LogP contribution in [0.5, 0.6) is 5.75 Å². The Balaban J connectivity index is 0.936. The molecule has 6 rings (SSSR count). The van der Waals surface area contributed by atoms with Gasteiger partial charge in [0, 0.05) is 60.2 Å². The molecule has 2 fully saturated rings. The van der Waals surface area contributed by atoms with Crippen molar-refractivity contribution in [1.29, 1.82) is 10.5 Å². The van der Waals surface area contributed by atoms with Crippen LogP contribution >= 0.6 is 11.6 Å². The molecule has 1 saturated carbocycles. The number of nitrogens with zero attached hydrogens (tertiary/aromatic N) is 3. The summed E-state index contributed by atoms with van der Waals surface area (Å²) in [7, 11) is 0. The van der Waals surface area contributed by atoms with Crippen molar-refractivity contribution in [1.82, 2.24) is 20.9 Å². The molecule has 1 heterocycles. The summed E-state index contributed by atoms with van der Waals surface area (Å²) in [5, 5.41) is 41.2. The smallest absolute Gasteiger partial charge is 0.251 e. The van der Waals surface area contributed by atoms with Crippen LogP contribution in [0.3, 0.4) is 0 Å². The maximum absolute atomic E-state index is 13.9. The predicted octanol–water partition coefficient (Wildman–Crippen LogP) is 6.60. The molecule has 1 aliphatic carbocycles. The van der Waals surface area contributed by atoms with E-state index in [0.29, 0.717) is 34.0 Å². The summed E-state index contributed by atoms with van der Waals surface area (Å²) in [6.45, 7) is 14.2. The normalized spacial score (nSPS) is 19.8. The number of amides is 4. The third-order valence-corrected chi connectivity index (χ3v) is 12.7. The molecule has 0 spiro atoms. The quantitative estimate of drug-likeness (QED) is 0.0762. The van der Waals surface area contributed by atoms with Crippen molar-refractivity contribution in [3.05, 3.63) is 118 Å². The van der Waals surface area contributed by atoms with E-state index >= 15 is 0 Å². The largest absolute Gasteiger partial charge is 0.489 e. The van der Waals surface area contributed by atoms with Crippen LogP contribution in [0.2, 0.25) is 5.02 Å². The molecule has 346 valence electrons. The number of rotatable bonds is 16. The van der Waals surface area contributed by atoms with Gasteiger partial charge in [-0.2, -0.15) is 10.5 Å². The van der Waals surface area contributed by atoms with Crippen LogP contribution in [0.1, 0.15) is 81.9 Å². The van der Waals surface area contributed by atoms with Gasteiger partial charge in [-0.1, -0.05) is 96.5 Å². The Morgan fingerprint density at radius 1 is 0.894 bits per heavy atom. The lowest BCUT2D eigenvalue weighted by molar-refractivity contribution is -0.164. The van der Waals surface area contributed by atoms with E-state index in [0.717, 1.165) is 22.4 Å². The molecular weight excluding hydrogens is 858 g/mol. The third kappa shape index (κ3) is 11.3. The highest BCUT2D eigenvalue weighted by molar-refractivity contribution is 6.31. The minimum absolute atomic E-state index is 0.0401. The number of aliphatic hydroxyl groups is 1. The summed E-state index contributed by atoms with van der Waals surface area (Å²) in [4.78, 5) is 55.0. The molecule has 0 radical (unpaired) electrons. The zero-order valence-electron chi connectivity index (χ0n) is 38.4. The van der Waals surface area contributed by atoms with Crippen LogP contribution in [0, 0.1) is 38.9 Å². The van der Waals surface area contributed by atoms with Gasteiger partial charge in [0.1, 0.15) is 36.6 Å². The Hall–Kier alpha value is -6.45. The number of carbonyl (C=O) groups is 4. The van der Waals surface area contributed by atoms with Crippen molar-refractivity contribution in [2.24, 2.45) is 16.2 Å². The first kappa shape index (κ1) is 49.0. The number of ether oxygens (including phenoxy) is 2. The lowest BCUT2D eigenvalue weighted by Crippen LogP contribution is -2.74. The summed E-state index contributed by atoms with van der Waals surface area (Å²) >= 11 is 6.24. The van der Waals surface area contributed by atoms with Crippen LogP contribution in [0.15, 0.2) is 91.0 Å². The van der Waals surface area contributed by atoms with Crippen LogP contribution < -0.4 is 26.0 Å². The fourth-order valence-corrected chi connectivity index (χ4v) is 9.38. The minimum atomic E-state index is -0.984. The summed E-state index contributed by atoms with van der Waals surface area (Å²) in [6.07, 6.45) is -1.04. The SMILES string of the molecule is CC1(C)C(NC(=O)c2ccc(-c3ccc(NCCOCC(=O)N[C@H](C(=O)N4C[C@H](O)C[C@H]4C(=O)NCc4ccc(C#N)cc4)C(C)(C)C)cc3)cc2)C(C)(C)C1Oc1ccc(C#N)c(Cl)c1. The first-order chi connectivity index (χ1) is 31.2. The molecule has 1 saturated heterocycles. The second-order valence-corrected chi connectivity index (χ2v) is 19.6. The minimum Gasteiger partial charge on any atom is -0.489 e. The lowest BCUT2D eigenvalue weighted by Gasteiger charge is -2.63. The van der Waals surface area contributed by atoms with Gasteiger partial charge in [0.25, 0.3) is 5.91 Å². The van der Waals surface area contributed by atoms with E-state index < -0.39 is 52.2 Å². The number of hydrogen-bond acceptors (Lipinski definition) is 10. The summed E-state index contributed by atoms with van der Waals surface area (Å²) in [6, 6.07) is 29.1. The van der Waals surface area contributed by atoms with Crippen molar-refractivity contribution in [3.63, 3.8) is 0 Å². The zero-order chi connectivity index (χ0) is 48.0. The van der Waals surface area contributed by atoms with Gasteiger partial charge in [0.15, 0.2) is 0 Å². The average Bonchev–Trinajstić information content (AvgIpc) is 3.69. The Kier molecular flexibility index (Phi) is 15.1. The fourth-order valence-electron chi connectivity index (χ4n) is 9.16. The number of β-amino-alcohol motifs (C(OH)–C–C–N with tert-alkyl or cyclic N) is 1. The molecule has 14 nitrogen and oxygen atoms in total. The number of halogens is 1. The molecule has 5 N–H and O–H groups in total. The van der Waals surface area contributed by atoms with Crippen LogP contribution in [0.25, 0.3) is 11.1 Å². The number of hydrogen-bond donors (Lipinski definition) is 5. The Bertz CT molecular complexity index is 2470. The van der Waals surface area contributed by atoms with E-state index in [1.807, 2.05) is 69.3 Å². The lowest BCUT2D eigenvalue weighted by atomic mass is 9.49. The average molecular weight is 917 g/mol. The molecule has 4 amide bonds. The van der Waals surface area contributed by atoms with Gasteiger partial charge >= 0.3 is 0 Å². The van der Waals surface area contributed by atoms with E-state index in [1.54, 1.807) is 42.5 Å². The highest BCUT2D eigenvalue weighted by Gasteiger charge is 2.64. The molecule has 15 heteroatoms. The summed E-state index contributed by atoms with van der Waals surface area (Å²) in [5.74, 6) is -0.977. The van der Waals surface area contributed by atoms with Gasteiger partial charge in [-0.25, -0.2) is 0 Å². The van der Waals surface area contributed by atoms with Gasteiger partial charge < -0.3 is 40.7 Å². The molecule has 3 atom stereocenters. The molecule has 2 aliphatic rings. The van der Waals surface area contributed by atoms with Crippen LogP contribution in [0.4, 0.5) is 5.69 Å². The molecule has 0 aromatic heterocycles. The first-order valence-corrected chi connectivity index (χ1v) is 22.3. The summed E-state index contributed by atoms with van der Waals surface area (Å²) in [5.41, 5.74) is 3.46. The van der Waals surface area contributed by atoms with Gasteiger partial charge in [0.2, 0.25) is 17.7 Å². The van der Waals surface area contributed by atoms with Crippen LogP contribution in [-0.4, -0.2) is 90.3 Å². The van der Waals surface area contributed by atoms with E-state index in [9.17, 15) is 29.5 Å². The van der Waals surface area contributed by atoms with Crippen LogP contribution in [-0.2, 0) is 25.7 Å². The molecule has 0 unspecified atom stereocenters. The number of likely N-dealkylation sites (tertiary alicyclic amines) is 1. The monoisotopic (exact) mass is 915 g/mol. The Morgan fingerprint density at radius 3 is 2.12 bits per heavy atom. The number of benzene rings is 4. The number of aliphatic hydroxyl groups excluding tert-OH is 1. The fraction of sp³-hybridized carbons (Fsp3) is 0.412. The van der Waals surface area contributed by atoms with E-state index in [-0.39, 0.29) is 50.8 Å². The molecule has 1 aliphatic heterocycles. The van der Waals surface area contributed by atoms with Gasteiger partial charge in [0.05, 0.1) is 34.9 Å². The van der Waals surface area contributed by atoms with Crippen molar-refractivity contribution in [3.8, 4) is 29.0 Å². The molecule has 66 heavy (non-hydrogen) atoms. The third-order valence-electron chi connectivity index (χ3n) is 12.4. The maximum Gasteiger partial charge on any atom is 0.251 e. The van der Waals surface area contributed by atoms with Crippen molar-refractivity contribution in [2.45, 2.75) is 91.8 Å². The van der Waals surface area contributed by atoms with Gasteiger partial charge in [-0.3, -0.25) is 19.2 Å². The number of anilines is 1. The number of carbonyl (C=O) groups excluding carboxylic acids is 4. The topological polar surface area (TPSA) is 206 Å². The Morgan fingerprint density at radius 2 is 1.53 bits per heavy atom. The standard InChI is InChI=1S/C51H58ClN7O7/c1-49(2,3)43(46(64)59-29-38(60)24-41(59)45(63)56-28-32-10-8-31(26-53)9-11-32)57-42(61)30-65-23-22-55-37-19-16-34(17-20-37)33-12-14-35(15-13-33)44(62)58-47-50(4,5)48(51(47,6)7)66-39-21-18-36(27-54)40(52)25-39/h8-21,25,38,41,43,47-48,55,60H,22-24,28-30H2,1-7H3,(H,56,63)(H,57,61)(H,58,62)/t38-,41+,43-,47?,48?/m1/s1. The molecular formula is C51H58ClN7O7. The van der Waals surface area contributed by atoms with Crippen molar-refractivity contribution in [2.75, 3.05) is 31.6 Å². The molecule has 4 aromatic rings. The highest BCUT2D eigenvalue weighted by atomic mass is 35.5. The number of nitriles is 2. The zero-order valence-corrected chi connectivity index (χ0v) is 39.2. The summed E-state index contributed by atoms with van der Waals surface area (Å²) < 4.78 is 12.0. The van der Waals surface area contributed by atoms with E-state index in [2.05, 4.69) is 61.1 Å². The van der Waals surface area contributed by atoms with Crippen molar-refractivity contribution < 1.29 is 33.8 Å². The van der Waals surface area contributed by atoms with Gasteiger partial charge in [-0.05, 0) is 70.6 Å². The highest BCUT2D eigenvalue weighted by Crippen LogP contribution is 2.55. The van der Waals surface area contributed by atoms with E-state index in [4.69, 9.17) is 26.3 Å². The second-order valence-electron chi connectivity index (χ2n) is 19.2. The molecule has 4 aromatic carbocycles. The van der Waals surface area contributed by atoms with Crippen molar-refractivity contribution >= 4 is 40.9 Å².